The van der Waals surface area contributed by atoms with Gasteiger partial charge in [0.2, 0.25) is 0 Å². The van der Waals surface area contributed by atoms with Crippen LogP contribution < -0.4 is 4.84 Å². The first-order valence-corrected chi connectivity index (χ1v) is 8.04. The molecule has 1 aliphatic carbocycles. The van der Waals surface area contributed by atoms with E-state index in [1.807, 2.05) is 0 Å². The number of hydrogen-bond acceptors (Lipinski definition) is 9. The quantitative estimate of drug-likeness (QED) is 0.399. The van der Waals surface area contributed by atoms with Gasteiger partial charge in [-0.15, -0.1) is 0 Å². The summed E-state index contributed by atoms with van der Waals surface area (Å²) in [4.78, 5) is 47.9. The van der Waals surface area contributed by atoms with Crippen molar-refractivity contribution in [3.63, 3.8) is 0 Å². The maximum Gasteiger partial charge on any atom is 0.303 e. The van der Waals surface area contributed by atoms with E-state index in [0.29, 0.717) is 0 Å². The molecule has 1 fully saturated rings. The fraction of sp³-hybridized carbons (Fsp3) is 0.733. The van der Waals surface area contributed by atoms with Gasteiger partial charge >= 0.3 is 23.9 Å². The number of carbonyl (C=O) groups excluding carboxylic acids is 4. The normalized spacial score (nSPS) is 28.6. The summed E-state index contributed by atoms with van der Waals surface area (Å²) in [5, 5.41) is 0. The lowest BCUT2D eigenvalue weighted by atomic mass is 9.79. The summed E-state index contributed by atoms with van der Waals surface area (Å²) in [6.45, 7) is 4.75. The number of nitrogens with one attached hydrogen (secondary N) is 1. The Balaban J connectivity index is 3.16. The van der Waals surface area contributed by atoms with Crippen LogP contribution in [0.3, 0.4) is 0 Å². The predicted molar refractivity (Wildman–Crippen MR) is 84.2 cm³/mol. The zero-order valence-electron chi connectivity index (χ0n) is 14.4. The number of hydrogen-bond donors (Lipinski definition) is 1. The number of halogens is 1. The summed E-state index contributed by atoms with van der Waals surface area (Å²) < 4.78 is 20.8. The molecule has 0 aromatic carbocycles. The van der Waals surface area contributed by atoms with Crippen LogP contribution in [0.4, 0.5) is 0 Å². The molecule has 1 rings (SSSR count). The monoisotopic (exact) mass is 379 g/mol. The molecule has 0 heterocycles. The van der Waals surface area contributed by atoms with Crippen LogP contribution in [0.5, 0.6) is 0 Å². The molecule has 5 atom stereocenters. The van der Waals surface area contributed by atoms with Gasteiger partial charge in [-0.05, 0) is 18.2 Å². The van der Waals surface area contributed by atoms with Gasteiger partial charge in [0.15, 0.2) is 6.10 Å². The molecule has 0 aliphatic heterocycles. The highest BCUT2D eigenvalue weighted by molar-refractivity contribution is 6.13. The second-order valence-corrected chi connectivity index (χ2v) is 5.95. The summed E-state index contributed by atoms with van der Waals surface area (Å²) in [5.41, 5.74) is 0. The Kier molecular flexibility index (Phi) is 8.11. The van der Waals surface area contributed by atoms with E-state index in [4.69, 9.17) is 30.7 Å². The molecule has 10 heteroatoms. The van der Waals surface area contributed by atoms with Gasteiger partial charge in [-0.1, -0.05) is 0 Å². The number of carbonyl (C=O) groups is 4. The van der Waals surface area contributed by atoms with Gasteiger partial charge in [-0.3, -0.25) is 19.2 Å². The molecular formula is C15H22ClNO8. The summed E-state index contributed by atoms with van der Waals surface area (Å²) in [6, 6.07) is -0.813. The largest absolute Gasteiger partial charge is 0.465 e. The summed E-state index contributed by atoms with van der Waals surface area (Å²) in [5.74, 6) is -2.86. The van der Waals surface area contributed by atoms with E-state index in [0.717, 1.165) is 0 Å². The molecule has 25 heavy (non-hydrogen) atoms. The highest BCUT2D eigenvalue weighted by Gasteiger charge is 2.50. The fourth-order valence-electron chi connectivity index (χ4n) is 2.80. The van der Waals surface area contributed by atoms with Crippen LogP contribution >= 0.6 is 11.8 Å². The van der Waals surface area contributed by atoms with Crippen LogP contribution in [-0.4, -0.2) is 54.8 Å². The van der Waals surface area contributed by atoms with Crippen molar-refractivity contribution >= 4 is 35.7 Å². The lowest BCUT2D eigenvalue weighted by Gasteiger charge is -2.44. The first-order chi connectivity index (χ1) is 11.6. The van der Waals surface area contributed by atoms with Crippen LogP contribution in [0.1, 0.15) is 34.1 Å². The molecule has 1 saturated carbocycles. The van der Waals surface area contributed by atoms with Crippen molar-refractivity contribution in [2.75, 3.05) is 6.61 Å². The third kappa shape index (κ3) is 6.50. The van der Waals surface area contributed by atoms with E-state index in [9.17, 15) is 19.2 Å². The maximum absolute atomic E-state index is 11.5. The SMILES string of the molecule is CC(=O)OC[C@H]1CC(OC(C)=O)[C@H](NCl)[C@@H](OC(C)=O)[C@@H]1OC(C)=O. The van der Waals surface area contributed by atoms with Crippen LogP contribution in [0.15, 0.2) is 0 Å². The molecule has 0 amide bonds. The Morgan fingerprint density at radius 2 is 1.40 bits per heavy atom. The molecule has 0 aromatic heterocycles. The van der Waals surface area contributed by atoms with Crippen molar-refractivity contribution in [2.45, 2.75) is 58.5 Å². The average Bonchev–Trinajstić information content (AvgIpc) is 2.46. The lowest BCUT2D eigenvalue weighted by Crippen LogP contribution is -2.61. The van der Waals surface area contributed by atoms with Crippen molar-refractivity contribution in [2.24, 2.45) is 5.92 Å². The molecule has 9 nitrogen and oxygen atoms in total. The second kappa shape index (κ2) is 9.57. The van der Waals surface area contributed by atoms with Gasteiger partial charge in [0.05, 0.1) is 12.6 Å². The van der Waals surface area contributed by atoms with E-state index < -0.39 is 54.1 Å². The van der Waals surface area contributed by atoms with E-state index in [2.05, 4.69) is 4.84 Å². The Labute approximate surface area is 150 Å². The third-order valence-corrected chi connectivity index (χ3v) is 3.88. The van der Waals surface area contributed by atoms with Crippen molar-refractivity contribution in [3.05, 3.63) is 0 Å². The summed E-state index contributed by atoms with van der Waals surface area (Å²) in [6.07, 6.45) is -2.54. The van der Waals surface area contributed by atoms with Crippen LogP contribution in [-0.2, 0) is 38.1 Å². The van der Waals surface area contributed by atoms with E-state index in [-0.39, 0.29) is 13.0 Å². The molecule has 0 saturated heterocycles. The fourth-order valence-corrected chi connectivity index (χ4v) is 3.07. The Morgan fingerprint density at radius 1 is 0.880 bits per heavy atom. The van der Waals surface area contributed by atoms with Gasteiger partial charge in [0, 0.05) is 33.6 Å². The first kappa shape index (κ1) is 21.2. The predicted octanol–water partition coefficient (Wildman–Crippen LogP) is 0.476. The van der Waals surface area contributed by atoms with E-state index >= 15 is 0 Å². The molecule has 0 bridgehead atoms. The number of esters is 4. The molecule has 0 aromatic rings. The number of rotatable bonds is 6. The van der Waals surface area contributed by atoms with Crippen LogP contribution in [0.25, 0.3) is 0 Å². The maximum atomic E-state index is 11.5. The molecule has 1 unspecified atom stereocenters. The van der Waals surface area contributed by atoms with Gasteiger partial charge < -0.3 is 18.9 Å². The molecule has 0 spiro atoms. The standard InChI is InChI=1S/C15H22ClNO8/c1-7(18)22-6-11-5-12(23-8(2)19)13(17-16)15(25-10(4)21)14(11)24-9(3)20/h11-15,17H,5-6H2,1-4H3/t11-,12?,13+,14-,15-/m1/s1. The molecular weight excluding hydrogens is 358 g/mol. The van der Waals surface area contributed by atoms with Crippen LogP contribution in [0.2, 0.25) is 0 Å². The van der Waals surface area contributed by atoms with E-state index in [1.165, 1.54) is 27.7 Å². The van der Waals surface area contributed by atoms with Crippen molar-refractivity contribution in [1.82, 2.24) is 4.84 Å². The zero-order valence-corrected chi connectivity index (χ0v) is 15.2. The minimum Gasteiger partial charge on any atom is -0.465 e. The van der Waals surface area contributed by atoms with Crippen molar-refractivity contribution < 1.29 is 38.1 Å². The number of ether oxygens (including phenoxy) is 4. The third-order valence-electron chi connectivity index (χ3n) is 3.63. The lowest BCUT2D eigenvalue weighted by molar-refractivity contribution is -0.193. The molecule has 1 N–H and O–H groups in total. The Bertz CT molecular complexity index is 526. The first-order valence-electron chi connectivity index (χ1n) is 7.66. The van der Waals surface area contributed by atoms with Gasteiger partial charge in [0.1, 0.15) is 12.2 Å². The van der Waals surface area contributed by atoms with E-state index in [1.54, 1.807) is 0 Å². The Morgan fingerprint density at radius 3 is 1.84 bits per heavy atom. The van der Waals surface area contributed by atoms with Crippen LogP contribution in [0, 0.1) is 5.92 Å². The summed E-state index contributed by atoms with van der Waals surface area (Å²) >= 11 is 5.76. The Hall–Kier alpha value is -1.87. The minimum absolute atomic E-state index is 0.0994. The minimum atomic E-state index is -1.03. The summed E-state index contributed by atoms with van der Waals surface area (Å²) in [7, 11) is 0. The highest BCUT2D eigenvalue weighted by atomic mass is 35.5. The smallest absolute Gasteiger partial charge is 0.303 e. The molecule has 142 valence electrons. The topological polar surface area (TPSA) is 117 Å². The molecule has 1 aliphatic rings. The zero-order chi connectivity index (χ0) is 19.1. The highest BCUT2D eigenvalue weighted by Crippen LogP contribution is 2.33. The van der Waals surface area contributed by atoms with Crippen molar-refractivity contribution in [3.8, 4) is 0 Å². The van der Waals surface area contributed by atoms with Gasteiger partial charge in [-0.25, -0.2) is 4.84 Å². The average molecular weight is 380 g/mol. The van der Waals surface area contributed by atoms with Gasteiger partial charge in [-0.2, -0.15) is 0 Å². The second-order valence-electron chi connectivity index (χ2n) is 5.73. The van der Waals surface area contributed by atoms with Crippen molar-refractivity contribution in [1.29, 1.82) is 0 Å². The van der Waals surface area contributed by atoms with Gasteiger partial charge in [0.25, 0.3) is 0 Å². The molecule has 0 radical (unpaired) electrons.